The fourth-order valence-corrected chi connectivity index (χ4v) is 5.27. The highest BCUT2D eigenvalue weighted by Crippen LogP contribution is 2.33. The molecule has 4 heterocycles. The predicted octanol–water partition coefficient (Wildman–Crippen LogP) is 6.20. The molecule has 0 radical (unpaired) electrons. The minimum atomic E-state index is -0.847. The van der Waals surface area contributed by atoms with Crippen molar-refractivity contribution in [2.45, 2.75) is 19.3 Å². The summed E-state index contributed by atoms with van der Waals surface area (Å²) in [5, 5.41) is 10.7. The Hall–Kier alpha value is -3.97. The van der Waals surface area contributed by atoms with Gasteiger partial charge in [-0.1, -0.05) is 60.1 Å². The van der Waals surface area contributed by atoms with E-state index in [1.807, 2.05) is 40.9 Å². The molecule has 36 heavy (non-hydrogen) atoms. The molecule has 1 fully saturated rings. The van der Waals surface area contributed by atoms with Gasteiger partial charge < -0.3 is 10.0 Å². The molecule has 0 saturated carbocycles. The first-order valence-electron chi connectivity index (χ1n) is 12.0. The molecule has 1 saturated heterocycles. The smallest absolute Gasteiger partial charge is 0.407 e. The molecule has 0 atom stereocenters. The number of carbonyl (C=O) groups is 1. The number of likely N-dealkylation sites (tertiary alicyclic amines) is 1. The predicted molar refractivity (Wildman–Crippen MR) is 140 cm³/mol. The van der Waals surface area contributed by atoms with Crippen LogP contribution in [-0.4, -0.2) is 48.5 Å². The van der Waals surface area contributed by atoms with Crippen LogP contribution < -0.4 is 0 Å². The topological polar surface area (TPSA) is 83.6 Å². The van der Waals surface area contributed by atoms with E-state index >= 15 is 0 Å². The lowest BCUT2D eigenvalue weighted by Gasteiger charge is -2.29. The Labute approximate surface area is 213 Å². The highest BCUT2D eigenvalue weighted by Gasteiger charge is 2.25. The van der Waals surface area contributed by atoms with Crippen molar-refractivity contribution in [3.8, 4) is 22.5 Å². The second-order valence-corrected chi connectivity index (χ2v) is 9.56. The van der Waals surface area contributed by atoms with Gasteiger partial charge in [-0.25, -0.2) is 19.7 Å². The van der Waals surface area contributed by atoms with E-state index in [4.69, 9.17) is 21.6 Å². The van der Waals surface area contributed by atoms with Crippen LogP contribution >= 0.6 is 11.6 Å². The molecule has 1 aliphatic heterocycles. The standard InChI is InChI=1S/C28H24ClN5O2/c29-27-26-25(21-7-6-20-8-9-22(31-23(20)17-21)19-4-2-1-3-5-19)32-24(34(26)15-12-30-27)16-18-10-13-33(14-11-18)28(35)36/h1-9,12,15,17-18H,10-11,13-14,16H2,(H,35,36). The Morgan fingerprint density at radius 1 is 1.00 bits per heavy atom. The Morgan fingerprint density at radius 3 is 2.56 bits per heavy atom. The molecular formula is C28H24ClN5O2. The Morgan fingerprint density at radius 2 is 1.78 bits per heavy atom. The van der Waals surface area contributed by atoms with Gasteiger partial charge in [0, 0.05) is 48.4 Å². The van der Waals surface area contributed by atoms with Crippen molar-refractivity contribution in [3.05, 3.63) is 84.0 Å². The van der Waals surface area contributed by atoms with Crippen molar-refractivity contribution < 1.29 is 9.90 Å². The van der Waals surface area contributed by atoms with E-state index < -0.39 is 6.09 Å². The quantitative estimate of drug-likeness (QED) is 0.319. The zero-order valence-corrected chi connectivity index (χ0v) is 20.3. The summed E-state index contributed by atoms with van der Waals surface area (Å²) in [6.07, 6.45) is 5.12. The van der Waals surface area contributed by atoms with Gasteiger partial charge in [0.1, 0.15) is 11.3 Å². The van der Waals surface area contributed by atoms with Crippen LogP contribution in [0.5, 0.6) is 0 Å². The number of amides is 1. The second kappa shape index (κ2) is 9.24. The van der Waals surface area contributed by atoms with E-state index in [1.54, 1.807) is 6.20 Å². The third-order valence-electron chi connectivity index (χ3n) is 6.97. The molecule has 1 aliphatic rings. The van der Waals surface area contributed by atoms with Gasteiger partial charge in [0.2, 0.25) is 0 Å². The summed E-state index contributed by atoms with van der Waals surface area (Å²) in [5.41, 5.74) is 5.36. The van der Waals surface area contributed by atoms with Crippen LogP contribution in [-0.2, 0) is 6.42 Å². The molecule has 1 N–H and O–H groups in total. The molecule has 1 amide bonds. The summed E-state index contributed by atoms with van der Waals surface area (Å²) < 4.78 is 2.02. The minimum absolute atomic E-state index is 0.359. The molecule has 180 valence electrons. The number of carboxylic acid groups (broad SMARTS) is 1. The maximum Gasteiger partial charge on any atom is 0.407 e. The fraction of sp³-hybridized carbons (Fsp3) is 0.214. The SMILES string of the molecule is O=C(O)N1CCC(Cc2nc(-c3ccc4ccc(-c5ccccc5)nc4c3)c3c(Cl)nccn23)CC1. The van der Waals surface area contributed by atoms with Gasteiger partial charge >= 0.3 is 6.09 Å². The van der Waals surface area contributed by atoms with Gasteiger partial charge in [0.05, 0.1) is 16.9 Å². The van der Waals surface area contributed by atoms with E-state index in [9.17, 15) is 9.90 Å². The number of pyridine rings is 1. The molecule has 8 heteroatoms. The van der Waals surface area contributed by atoms with E-state index in [-0.39, 0.29) is 0 Å². The summed E-state index contributed by atoms with van der Waals surface area (Å²) in [4.78, 5) is 27.0. The average Bonchev–Trinajstić information content (AvgIpc) is 3.28. The number of imidazole rings is 1. The molecule has 0 spiro atoms. The number of hydrogen-bond donors (Lipinski definition) is 1. The van der Waals surface area contributed by atoms with Gasteiger partial charge in [0.25, 0.3) is 0 Å². The van der Waals surface area contributed by atoms with Crippen LogP contribution in [0.2, 0.25) is 5.15 Å². The van der Waals surface area contributed by atoms with Crippen molar-refractivity contribution in [3.63, 3.8) is 0 Å². The Balaban J connectivity index is 1.38. The number of hydrogen-bond acceptors (Lipinski definition) is 4. The first-order valence-corrected chi connectivity index (χ1v) is 12.4. The molecule has 7 nitrogen and oxygen atoms in total. The summed E-state index contributed by atoms with van der Waals surface area (Å²) in [6, 6.07) is 20.4. The molecule has 5 aromatic rings. The zero-order valence-electron chi connectivity index (χ0n) is 19.5. The number of fused-ring (bicyclic) bond motifs is 2. The van der Waals surface area contributed by atoms with Crippen LogP contribution in [0, 0.1) is 5.92 Å². The Bertz CT molecular complexity index is 1580. The minimum Gasteiger partial charge on any atom is -0.465 e. The van der Waals surface area contributed by atoms with E-state index in [1.165, 1.54) is 4.90 Å². The van der Waals surface area contributed by atoms with Crippen molar-refractivity contribution in [2.75, 3.05) is 13.1 Å². The van der Waals surface area contributed by atoms with Gasteiger partial charge in [-0.05, 0) is 30.9 Å². The molecule has 0 bridgehead atoms. The largest absolute Gasteiger partial charge is 0.465 e. The van der Waals surface area contributed by atoms with Crippen LogP contribution in [0.4, 0.5) is 4.79 Å². The third-order valence-corrected chi connectivity index (χ3v) is 7.25. The lowest BCUT2D eigenvalue weighted by Crippen LogP contribution is -2.38. The lowest BCUT2D eigenvalue weighted by atomic mass is 9.93. The summed E-state index contributed by atoms with van der Waals surface area (Å²) >= 11 is 6.59. The monoisotopic (exact) mass is 497 g/mol. The number of rotatable bonds is 4. The first kappa shape index (κ1) is 22.5. The average molecular weight is 498 g/mol. The van der Waals surface area contributed by atoms with Gasteiger partial charge in [-0.2, -0.15) is 0 Å². The van der Waals surface area contributed by atoms with Crippen molar-refractivity contribution >= 4 is 34.1 Å². The zero-order chi connectivity index (χ0) is 24.6. The van der Waals surface area contributed by atoms with Crippen LogP contribution in [0.3, 0.4) is 0 Å². The van der Waals surface area contributed by atoms with Gasteiger partial charge in [0.15, 0.2) is 5.15 Å². The first-order chi connectivity index (χ1) is 17.6. The van der Waals surface area contributed by atoms with E-state index in [0.717, 1.165) is 64.0 Å². The van der Waals surface area contributed by atoms with Crippen molar-refractivity contribution in [1.82, 2.24) is 24.3 Å². The highest BCUT2D eigenvalue weighted by molar-refractivity contribution is 6.33. The normalized spacial score (nSPS) is 14.5. The van der Waals surface area contributed by atoms with Crippen LogP contribution in [0.25, 0.3) is 38.9 Å². The second-order valence-electron chi connectivity index (χ2n) is 9.20. The molecule has 0 unspecified atom stereocenters. The lowest BCUT2D eigenvalue weighted by molar-refractivity contribution is 0.124. The van der Waals surface area contributed by atoms with Gasteiger partial charge in [-0.15, -0.1) is 0 Å². The van der Waals surface area contributed by atoms with E-state index in [0.29, 0.717) is 24.2 Å². The van der Waals surface area contributed by atoms with E-state index in [2.05, 4.69) is 35.3 Å². The summed E-state index contributed by atoms with van der Waals surface area (Å²) in [5.74, 6) is 1.27. The number of aromatic nitrogens is 4. The maximum atomic E-state index is 11.3. The molecular weight excluding hydrogens is 474 g/mol. The Kier molecular flexibility index (Phi) is 5.77. The number of piperidine rings is 1. The molecule has 6 rings (SSSR count). The van der Waals surface area contributed by atoms with Crippen molar-refractivity contribution in [1.29, 1.82) is 0 Å². The molecule has 3 aromatic heterocycles. The number of benzene rings is 2. The molecule has 0 aliphatic carbocycles. The van der Waals surface area contributed by atoms with Crippen LogP contribution in [0.1, 0.15) is 18.7 Å². The van der Waals surface area contributed by atoms with Crippen molar-refractivity contribution in [2.24, 2.45) is 5.92 Å². The summed E-state index contributed by atoms with van der Waals surface area (Å²) in [6.45, 7) is 1.11. The maximum absolute atomic E-state index is 11.3. The third kappa shape index (κ3) is 4.16. The van der Waals surface area contributed by atoms with Crippen LogP contribution in [0.15, 0.2) is 73.1 Å². The number of nitrogens with zero attached hydrogens (tertiary/aromatic N) is 5. The number of halogens is 1. The highest BCUT2D eigenvalue weighted by atomic mass is 35.5. The summed E-state index contributed by atoms with van der Waals surface area (Å²) in [7, 11) is 0. The molecule has 2 aromatic carbocycles. The van der Waals surface area contributed by atoms with Gasteiger partial charge in [-0.3, -0.25) is 4.40 Å². The fourth-order valence-electron chi connectivity index (χ4n) is 5.03.